The summed E-state index contributed by atoms with van der Waals surface area (Å²) < 4.78 is 15.7. The predicted molar refractivity (Wildman–Crippen MR) is 127 cm³/mol. The average molecular weight is 460 g/mol. The Morgan fingerprint density at radius 1 is 0.794 bits per heavy atom. The van der Waals surface area contributed by atoms with Crippen LogP contribution in [0.15, 0.2) is 24.3 Å². The molecule has 8 aliphatic rings. The Bertz CT molecular complexity index is 1110. The normalized spacial score (nSPS) is 40.9. The van der Waals surface area contributed by atoms with Crippen molar-refractivity contribution in [2.24, 2.45) is 35.5 Å². The van der Waals surface area contributed by atoms with Gasteiger partial charge in [0.2, 0.25) is 0 Å². The van der Waals surface area contributed by atoms with Crippen molar-refractivity contribution in [3.63, 3.8) is 0 Å². The number of rotatable bonds is 3. The van der Waals surface area contributed by atoms with Crippen LogP contribution < -0.4 is 5.32 Å². The summed E-state index contributed by atoms with van der Waals surface area (Å²) in [5.41, 5.74) is 4.05. The van der Waals surface area contributed by atoms with Crippen LogP contribution in [-0.4, -0.2) is 21.7 Å². The lowest BCUT2D eigenvalue weighted by atomic mass is 9.54. The summed E-state index contributed by atoms with van der Waals surface area (Å²) in [6.07, 6.45) is 12.8. The quantitative estimate of drug-likeness (QED) is 0.616. The van der Waals surface area contributed by atoms with Gasteiger partial charge in [-0.2, -0.15) is 5.10 Å². The third-order valence-corrected chi connectivity index (χ3v) is 10.7. The van der Waals surface area contributed by atoms with Crippen LogP contribution >= 0.6 is 0 Å². The monoisotopic (exact) mass is 459 g/mol. The Balaban J connectivity index is 1.20. The van der Waals surface area contributed by atoms with Gasteiger partial charge in [0.05, 0.1) is 11.4 Å². The van der Waals surface area contributed by atoms with Crippen molar-refractivity contribution in [2.45, 2.75) is 82.1 Å². The van der Waals surface area contributed by atoms with Crippen molar-refractivity contribution in [2.75, 3.05) is 0 Å². The number of benzene rings is 1. The molecule has 8 bridgehead atoms. The molecule has 1 aromatic heterocycles. The Hall–Kier alpha value is -2.17. The molecule has 1 amide bonds. The third kappa shape index (κ3) is 2.94. The molecule has 1 heterocycles. The fourth-order valence-electron chi connectivity index (χ4n) is 9.88. The lowest BCUT2D eigenvalue weighted by Crippen LogP contribution is -2.56. The van der Waals surface area contributed by atoms with Gasteiger partial charge in [0, 0.05) is 17.5 Å². The first-order valence-electron chi connectivity index (χ1n) is 13.8. The second-order valence-corrected chi connectivity index (χ2v) is 12.8. The second-order valence-electron chi connectivity index (χ2n) is 12.8. The van der Waals surface area contributed by atoms with Crippen LogP contribution in [0.25, 0.3) is 5.69 Å². The zero-order valence-electron chi connectivity index (χ0n) is 19.8. The van der Waals surface area contributed by atoms with Gasteiger partial charge in [-0.1, -0.05) is 0 Å². The highest BCUT2D eigenvalue weighted by Gasteiger charge is 2.50. The van der Waals surface area contributed by atoms with E-state index in [1.807, 2.05) is 16.8 Å². The SMILES string of the molecule is O=C(NC1C2CC3CC(C2)CC1C3)c1nn(-c2ccc(F)cc2)c2c1C1CC3CC(C1)CC2C3. The molecule has 2 atom stereocenters. The van der Waals surface area contributed by atoms with Crippen LogP contribution in [0.2, 0.25) is 0 Å². The molecule has 2 unspecified atom stereocenters. The first kappa shape index (κ1) is 20.1. The number of nitrogens with zero attached hydrogens (tertiary/aromatic N) is 2. The number of aromatic nitrogens is 2. The fourth-order valence-corrected chi connectivity index (χ4v) is 9.88. The van der Waals surface area contributed by atoms with E-state index in [9.17, 15) is 9.18 Å². The first-order valence-corrected chi connectivity index (χ1v) is 13.8. The number of halogens is 1. The topological polar surface area (TPSA) is 46.9 Å². The van der Waals surface area contributed by atoms with E-state index in [0.29, 0.717) is 35.4 Å². The minimum absolute atomic E-state index is 0.0517. The molecule has 10 rings (SSSR count). The molecule has 0 saturated heterocycles. The van der Waals surface area contributed by atoms with E-state index < -0.39 is 0 Å². The van der Waals surface area contributed by atoms with Crippen molar-refractivity contribution in [3.8, 4) is 5.69 Å². The van der Waals surface area contributed by atoms with Gasteiger partial charge in [-0.05, 0) is 130 Å². The summed E-state index contributed by atoms with van der Waals surface area (Å²) in [7, 11) is 0. The molecule has 5 heteroatoms. The van der Waals surface area contributed by atoms with Gasteiger partial charge in [0.25, 0.3) is 5.91 Å². The molecular formula is C29H34FN3O. The van der Waals surface area contributed by atoms with Crippen molar-refractivity contribution < 1.29 is 9.18 Å². The first-order chi connectivity index (χ1) is 16.6. The maximum absolute atomic E-state index is 14.0. The van der Waals surface area contributed by atoms with Crippen LogP contribution in [0.4, 0.5) is 4.39 Å². The molecule has 4 nitrogen and oxygen atoms in total. The van der Waals surface area contributed by atoms with Crippen LogP contribution in [0.1, 0.15) is 97.8 Å². The van der Waals surface area contributed by atoms with Gasteiger partial charge >= 0.3 is 0 Å². The van der Waals surface area contributed by atoms with E-state index in [0.717, 1.165) is 29.4 Å². The maximum atomic E-state index is 14.0. The zero-order chi connectivity index (χ0) is 22.6. The van der Waals surface area contributed by atoms with Gasteiger partial charge in [-0.3, -0.25) is 4.79 Å². The highest BCUT2D eigenvalue weighted by molar-refractivity contribution is 5.94. The van der Waals surface area contributed by atoms with E-state index in [1.54, 1.807) is 0 Å². The summed E-state index contributed by atoms with van der Waals surface area (Å²) in [4.78, 5) is 14.0. The van der Waals surface area contributed by atoms with Crippen molar-refractivity contribution in [1.82, 2.24) is 15.1 Å². The molecule has 34 heavy (non-hydrogen) atoms. The van der Waals surface area contributed by atoms with Crippen molar-refractivity contribution in [1.29, 1.82) is 0 Å². The highest BCUT2D eigenvalue weighted by atomic mass is 19.1. The molecule has 2 aromatic rings. The van der Waals surface area contributed by atoms with E-state index in [4.69, 9.17) is 5.10 Å². The number of hydrogen-bond acceptors (Lipinski definition) is 2. The number of carbonyl (C=O) groups is 1. The predicted octanol–water partition coefficient (Wildman–Crippen LogP) is 5.96. The number of nitrogens with one attached hydrogen (secondary N) is 1. The lowest BCUT2D eigenvalue weighted by Gasteiger charge is -2.54. The molecule has 6 fully saturated rings. The molecule has 1 N–H and O–H groups in total. The summed E-state index contributed by atoms with van der Waals surface area (Å²) in [5.74, 6) is 5.39. The minimum Gasteiger partial charge on any atom is -0.347 e. The summed E-state index contributed by atoms with van der Waals surface area (Å²) >= 11 is 0. The smallest absolute Gasteiger partial charge is 0.272 e. The van der Waals surface area contributed by atoms with Gasteiger partial charge in [0.15, 0.2) is 5.69 Å². The van der Waals surface area contributed by atoms with Gasteiger partial charge in [-0.25, -0.2) is 9.07 Å². The van der Waals surface area contributed by atoms with Crippen LogP contribution in [0, 0.1) is 41.3 Å². The molecule has 178 valence electrons. The van der Waals surface area contributed by atoms with E-state index in [2.05, 4.69) is 5.32 Å². The molecule has 0 spiro atoms. The third-order valence-electron chi connectivity index (χ3n) is 10.7. The van der Waals surface area contributed by atoms with Crippen LogP contribution in [0.5, 0.6) is 0 Å². The molecule has 1 aromatic carbocycles. The summed E-state index contributed by atoms with van der Waals surface area (Å²) in [6.45, 7) is 0. The number of hydrogen-bond donors (Lipinski definition) is 1. The second kappa shape index (κ2) is 7.18. The molecule has 8 aliphatic carbocycles. The lowest BCUT2D eigenvalue weighted by molar-refractivity contribution is -0.0120. The Kier molecular flexibility index (Phi) is 4.23. The van der Waals surface area contributed by atoms with Crippen LogP contribution in [-0.2, 0) is 0 Å². The van der Waals surface area contributed by atoms with E-state index in [1.165, 1.54) is 87.6 Å². The molecular weight excluding hydrogens is 425 g/mol. The Morgan fingerprint density at radius 3 is 1.97 bits per heavy atom. The maximum Gasteiger partial charge on any atom is 0.272 e. The minimum atomic E-state index is -0.234. The number of carbonyl (C=O) groups excluding carboxylic acids is 1. The van der Waals surface area contributed by atoms with E-state index in [-0.39, 0.29) is 11.7 Å². The molecule has 6 saturated carbocycles. The summed E-state index contributed by atoms with van der Waals surface area (Å²) in [5, 5.41) is 8.57. The average Bonchev–Trinajstić information content (AvgIpc) is 3.13. The highest BCUT2D eigenvalue weighted by Crippen LogP contribution is 2.57. The largest absolute Gasteiger partial charge is 0.347 e. The molecule has 0 radical (unpaired) electrons. The zero-order valence-corrected chi connectivity index (χ0v) is 19.8. The van der Waals surface area contributed by atoms with Gasteiger partial charge < -0.3 is 5.32 Å². The standard InChI is InChI=1S/C29H34FN3O/c30-23-1-3-24(4-2-23)33-28-22-13-15-5-16(14-22)8-19(7-15)25(28)27(32-33)29(34)31-26-20-9-17-6-18(11-20)12-21(26)10-17/h1-4,15-22,26H,5-14H2,(H,31,34). The summed E-state index contributed by atoms with van der Waals surface area (Å²) in [6, 6.07) is 6.98. The van der Waals surface area contributed by atoms with Crippen LogP contribution in [0.3, 0.4) is 0 Å². The van der Waals surface area contributed by atoms with Crippen molar-refractivity contribution >= 4 is 5.91 Å². The Morgan fingerprint density at radius 2 is 1.35 bits per heavy atom. The van der Waals surface area contributed by atoms with Crippen molar-refractivity contribution in [3.05, 3.63) is 47.0 Å². The van der Waals surface area contributed by atoms with Gasteiger partial charge in [-0.15, -0.1) is 0 Å². The number of amides is 1. The fraction of sp³-hybridized carbons (Fsp3) is 0.655. The van der Waals surface area contributed by atoms with Gasteiger partial charge in [0.1, 0.15) is 5.82 Å². The Labute approximate surface area is 200 Å². The molecule has 0 aliphatic heterocycles. The van der Waals surface area contributed by atoms with E-state index >= 15 is 0 Å².